The molecule has 0 unspecified atom stereocenters. The minimum atomic E-state index is -0.370. The van der Waals surface area contributed by atoms with E-state index in [0.29, 0.717) is 0 Å². The van der Waals surface area contributed by atoms with Gasteiger partial charge in [-0.05, 0) is 31.2 Å². The zero-order valence-corrected chi connectivity index (χ0v) is 9.08. The molecule has 2 saturated carbocycles. The maximum atomic E-state index is 10.5. The van der Waals surface area contributed by atoms with Crippen LogP contribution in [0.15, 0.2) is 30.3 Å². The average molecular weight is 202 g/mol. The van der Waals surface area contributed by atoms with Crippen molar-refractivity contribution >= 4 is 0 Å². The van der Waals surface area contributed by atoms with Crippen molar-refractivity contribution in [2.45, 2.75) is 49.5 Å². The summed E-state index contributed by atoms with van der Waals surface area (Å²) in [5, 5.41) is 10.5. The molecule has 3 rings (SSSR count). The third-order valence-corrected chi connectivity index (χ3v) is 4.40. The van der Waals surface area contributed by atoms with Gasteiger partial charge < -0.3 is 5.11 Å². The SMILES string of the molecule is OC1(C2(c3ccccc3)CCCC2)CC1. The van der Waals surface area contributed by atoms with E-state index in [1.165, 1.54) is 31.2 Å². The first-order chi connectivity index (χ1) is 7.27. The molecule has 0 amide bonds. The lowest BCUT2D eigenvalue weighted by atomic mass is 9.72. The Labute approximate surface area is 91.1 Å². The van der Waals surface area contributed by atoms with Crippen molar-refractivity contribution in [3.63, 3.8) is 0 Å². The minimum absolute atomic E-state index is 0.0915. The lowest BCUT2D eigenvalue weighted by Gasteiger charge is -2.35. The van der Waals surface area contributed by atoms with Crippen LogP contribution in [0.1, 0.15) is 44.1 Å². The first kappa shape index (κ1) is 9.41. The van der Waals surface area contributed by atoms with Gasteiger partial charge in [-0.15, -0.1) is 0 Å². The summed E-state index contributed by atoms with van der Waals surface area (Å²) in [5.41, 5.74) is 1.08. The Kier molecular flexibility index (Phi) is 1.93. The predicted molar refractivity (Wildman–Crippen MR) is 60.8 cm³/mol. The molecule has 1 heteroatoms. The molecule has 80 valence electrons. The molecule has 2 aliphatic carbocycles. The van der Waals surface area contributed by atoms with Crippen LogP contribution >= 0.6 is 0 Å². The zero-order chi connectivity index (χ0) is 10.4. The van der Waals surface area contributed by atoms with Gasteiger partial charge in [-0.2, -0.15) is 0 Å². The van der Waals surface area contributed by atoms with Crippen LogP contribution in [-0.2, 0) is 5.41 Å². The Hall–Kier alpha value is -0.820. The van der Waals surface area contributed by atoms with Crippen LogP contribution in [0.2, 0.25) is 0 Å². The highest BCUT2D eigenvalue weighted by molar-refractivity contribution is 5.34. The number of hydrogen-bond acceptors (Lipinski definition) is 1. The summed E-state index contributed by atoms with van der Waals surface area (Å²) in [7, 11) is 0. The van der Waals surface area contributed by atoms with Gasteiger partial charge in [0.2, 0.25) is 0 Å². The van der Waals surface area contributed by atoms with E-state index in [1.807, 2.05) is 0 Å². The molecule has 0 saturated heterocycles. The summed E-state index contributed by atoms with van der Waals surface area (Å²) in [6.45, 7) is 0. The summed E-state index contributed by atoms with van der Waals surface area (Å²) in [6.07, 6.45) is 6.90. The number of benzene rings is 1. The molecule has 0 aliphatic heterocycles. The highest BCUT2D eigenvalue weighted by Crippen LogP contribution is 2.58. The van der Waals surface area contributed by atoms with Crippen molar-refractivity contribution in [3.8, 4) is 0 Å². The van der Waals surface area contributed by atoms with Crippen molar-refractivity contribution in [2.24, 2.45) is 0 Å². The summed E-state index contributed by atoms with van der Waals surface area (Å²) < 4.78 is 0. The second-order valence-corrected chi connectivity index (χ2v) is 5.19. The minimum Gasteiger partial charge on any atom is -0.389 e. The van der Waals surface area contributed by atoms with Gasteiger partial charge in [0.25, 0.3) is 0 Å². The van der Waals surface area contributed by atoms with Crippen LogP contribution < -0.4 is 0 Å². The highest BCUT2D eigenvalue weighted by Gasteiger charge is 2.59. The van der Waals surface area contributed by atoms with Gasteiger partial charge >= 0.3 is 0 Å². The van der Waals surface area contributed by atoms with Gasteiger partial charge in [0.15, 0.2) is 0 Å². The van der Waals surface area contributed by atoms with E-state index in [0.717, 1.165) is 12.8 Å². The molecule has 0 atom stereocenters. The average Bonchev–Trinajstić information content (AvgIpc) is 2.86. The van der Waals surface area contributed by atoms with Crippen LogP contribution in [0.4, 0.5) is 0 Å². The summed E-state index contributed by atoms with van der Waals surface area (Å²) in [4.78, 5) is 0. The van der Waals surface area contributed by atoms with Gasteiger partial charge in [-0.3, -0.25) is 0 Å². The van der Waals surface area contributed by atoms with E-state index in [4.69, 9.17) is 0 Å². The third-order valence-electron chi connectivity index (χ3n) is 4.40. The zero-order valence-electron chi connectivity index (χ0n) is 9.08. The maximum absolute atomic E-state index is 10.5. The van der Waals surface area contributed by atoms with Crippen molar-refractivity contribution in [1.82, 2.24) is 0 Å². The van der Waals surface area contributed by atoms with E-state index in [-0.39, 0.29) is 11.0 Å². The molecule has 0 bridgehead atoms. The number of aliphatic hydroxyl groups is 1. The molecule has 2 fully saturated rings. The topological polar surface area (TPSA) is 20.2 Å². The first-order valence-electron chi connectivity index (χ1n) is 6.05. The Morgan fingerprint density at radius 1 is 0.867 bits per heavy atom. The fourth-order valence-electron chi connectivity index (χ4n) is 3.36. The predicted octanol–water partition coefficient (Wildman–Crippen LogP) is 3.02. The van der Waals surface area contributed by atoms with Crippen LogP contribution in [0.5, 0.6) is 0 Å². The van der Waals surface area contributed by atoms with Crippen molar-refractivity contribution in [1.29, 1.82) is 0 Å². The van der Waals surface area contributed by atoms with Crippen molar-refractivity contribution in [2.75, 3.05) is 0 Å². The molecule has 0 radical (unpaired) electrons. The number of rotatable bonds is 2. The Balaban J connectivity index is 2.05. The molecular formula is C14H18O. The van der Waals surface area contributed by atoms with Crippen LogP contribution in [0, 0.1) is 0 Å². The van der Waals surface area contributed by atoms with Crippen molar-refractivity contribution < 1.29 is 5.11 Å². The van der Waals surface area contributed by atoms with Crippen molar-refractivity contribution in [3.05, 3.63) is 35.9 Å². The Bertz CT molecular complexity index is 345. The first-order valence-corrected chi connectivity index (χ1v) is 6.05. The fourth-order valence-corrected chi connectivity index (χ4v) is 3.36. The van der Waals surface area contributed by atoms with Crippen LogP contribution in [-0.4, -0.2) is 10.7 Å². The van der Waals surface area contributed by atoms with E-state index in [9.17, 15) is 5.11 Å². The molecule has 1 aromatic carbocycles. The summed E-state index contributed by atoms with van der Waals surface area (Å²) >= 11 is 0. The molecule has 1 aromatic rings. The molecule has 15 heavy (non-hydrogen) atoms. The molecule has 1 N–H and O–H groups in total. The van der Waals surface area contributed by atoms with E-state index >= 15 is 0 Å². The quantitative estimate of drug-likeness (QED) is 0.781. The number of hydrogen-bond donors (Lipinski definition) is 1. The van der Waals surface area contributed by atoms with Crippen LogP contribution in [0.25, 0.3) is 0 Å². The van der Waals surface area contributed by atoms with E-state index < -0.39 is 0 Å². The third kappa shape index (κ3) is 1.26. The largest absolute Gasteiger partial charge is 0.389 e. The van der Waals surface area contributed by atoms with E-state index in [2.05, 4.69) is 30.3 Å². The van der Waals surface area contributed by atoms with Gasteiger partial charge in [0, 0.05) is 5.41 Å². The molecule has 0 spiro atoms. The molecule has 0 heterocycles. The van der Waals surface area contributed by atoms with Gasteiger partial charge in [0.05, 0.1) is 5.60 Å². The molecule has 2 aliphatic rings. The van der Waals surface area contributed by atoms with Crippen LogP contribution in [0.3, 0.4) is 0 Å². The standard InChI is InChI=1S/C14H18O/c15-14(10-11-14)13(8-4-5-9-13)12-6-2-1-3-7-12/h1-3,6-7,15H,4-5,8-11H2. The fraction of sp³-hybridized carbons (Fsp3) is 0.571. The highest BCUT2D eigenvalue weighted by atomic mass is 16.3. The lowest BCUT2D eigenvalue weighted by molar-refractivity contribution is 0.0570. The second kappa shape index (κ2) is 3.08. The molecule has 1 nitrogen and oxygen atoms in total. The molecular weight excluding hydrogens is 184 g/mol. The van der Waals surface area contributed by atoms with Gasteiger partial charge in [-0.1, -0.05) is 43.2 Å². The summed E-state index contributed by atoms with van der Waals surface area (Å²) in [6, 6.07) is 10.6. The monoisotopic (exact) mass is 202 g/mol. The second-order valence-electron chi connectivity index (χ2n) is 5.19. The normalized spacial score (nSPS) is 26.5. The lowest BCUT2D eigenvalue weighted by Crippen LogP contribution is -2.38. The van der Waals surface area contributed by atoms with E-state index in [1.54, 1.807) is 0 Å². The molecule has 0 aromatic heterocycles. The Morgan fingerprint density at radius 3 is 2.00 bits per heavy atom. The van der Waals surface area contributed by atoms with Gasteiger partial charge in [-0.25, -0.2) is 0 Å². The summed E-state index contributed by atoms with van der Waals surface area (Å²) in [5.74, 6) is 0. The maximum Gasteiger partial charge on any atom is 0.0746 e. The Morgan fingerprint density at radius 2 is 1.47 bits per heavy atom. The smallest absolute Gasteiger partial charge is 0.0746 e. The van der Waals surface area contributed by atoms with Gasteiger partial charge in [0.1, 0.15) is 0 Å².